The van der Waals surface area contributed by atoms with Crippen LogP contribution in [-0.2, 0) is 0 Å². The zero-order valence-corrected chi connectivity index (χ0v) is 15.4. The Bertz CT molecular complexity index is 524. The first-order chi connectivity index (χ1) is 10.5. The van der Waals surface area contributed by atoms with Crippen LogP contribution in [0.2, 0.25) is 10.0 Å². The Morgan fingerprint density at radius 2 is 2.14 bits per heavy atom. The maximum absolute atomic E-state index is 6.00. The van der Waals surface area contributed by atoms with Gasteiger partial charge in [0.15, 0.2) is 5.11 Å². The highest BCUT2D eigenvalue weighted by Gasteiger charge is 2.22. The van der Waals surface area contributed by atoms with E-state index in [0.29, 0.717) is 27.2 Å². The summed E-state index contributed by atoms with van der Waals surface area (Å²) in [6, 6.07) is 6.50. The summed E-state index contributed by atoms with van der Waals surface area (Å²) >= 11 is 17.3. The molecule has 1 heterocycles. The Balaban J connectivity index is 1.80. The van der Waals surface area contributed by atoms with Crippen LogP contribution in [0.25, 0.3) is 0 Å². The summed E-state index contributed by atoms with van der Waals surface area (Å²) in [5.41, 5.74) is 0.839. The second kappa shape index (κ2) is 8.34. The van der Waals surface area contributed by atoms with Gasteiger partial charge < -0.3 is 10.6 Å². The maximum Gasteiger partial charge on any atom is 0.170 e. The van der Waals surface area contributed by atoms with Crippen molar-refractivity contribution in [3.05, 3.63) is 28.2 Å². The van der Waals surface area contributed by atoms with Gasteiger partial charge in [-0.2, -0.15) is 0 Å². The van der Waals surface area contributed by atoms with E-state index in [9.17, 15) is 0 Å². The smallest absolute Gasteiger partial charge is 0.170 e. The van der Waals surface area contributed by atoms with Gasteiger partial charge in [0, 0.05) is 24.3 Å². The van der Waals surface area contributed by atoms with Gasteiger partial charge in [0.25, 0.3) is 0 Å². The third-order valence-corrected chi connectivity index (χ3v) is 5.14. The lowest BCUT2D eigenvalue weighted by molar-refractivity contribution is 0.116. The fourth-order valence-corrected chi connectivity index (χ4v) is 3.38. The van der Waals surface area contributed by atoms with E-state index in [0.717, 1.165) is 12.2 Å². The van der Waals surface area contributed by atoms with Gasteiger partial charge in [0.2, 0.25) is 0 Å². The highest BCUT2D eigenvalue weighted by molar-refractivity contribution is 7.80. The lowest BCUT2D eigenvalue weighted by Gasteiger charge is -2.38. The molecule has 1 aromatic rings. The number of nitrogens with zero attached hydrogens (tertiary/aromatic N) is 1. The molecule has 22 heavy (non-hydrogen) atoms. The van der Waals surface area contributed by atoms with Crippen molar-refractivity contribution < 1.29 is 0 Å². The van der Waals surface area contributed by atoms with Gasteiger partial charge in [-0.05, 0) is 63.7 Å². The first kappa shape index (κ1) is 17.8. The van der Waals surface area contributed by atoms with Crippen molar-refractivity contribution >= 4 is 46.2 Å². The number of hydrogen-bond acceptors (Lipinski definition) is 2. The first-order valence-corrected chi connectivity index (χ1v) is 8.89. The second-order valence-corrected chi connectivity index (χ2v) is 7.12. The highest BCUT2D eigenvalue weighted by atomic mass is 35.5. The molecule has 3 nitrogen and oxygen atoms in total. The average molecular weight is 360 g/mol. The molecule has 0 amide bonds. The van der Waals surface area contributed by atoms with Crippen LogP contribution in [0.1, 0.15) is 33.1 Å². The van der Waals surface area contributed by atoms with Gasteiger partial charge in [-0.1, -0.05) is 29.6 Å². The number of piperidine rings is 1. The Kier molecular flexibility index (Phi) is 6.75. The molecule has 0 saturated carbocycles. The van der Waals surface area contributed by atoms with Crippen molar-refractivity contribution in [3.63, 3.8) is 0 Å². The molecule has 6 heteroatoms. The molecule has 122 valence electrons. The summed E-state index contributed by atoms with van der Waals surface area (Å²) in [5.74, 6) is 0. The molecule has 0 aliphatic carbocycles. The van der Waals surface area contributed by atoms with Gasteiger partial charge in [-0.3, -0.25) is 4.90 Å². The molecule has 1 aliphatic heterocycles. The Labute approximate surface area is 148 Å². The summed E-state index contributed by atoms with van der Waals surface area (Å²) in [7, 11) is 0. The van der Waals surface area contributed by atoms with E-state index < -0.39 is 0 Å². The highest BCUT2D eigenvalue weighted by Crippen LogP contribution is 2.25. The van der Waals surface area contributed by atoms with E-state index >= 15 is 0 Å². The van der Waals surface area contributed by atoms with Gasteiger partial charge in [0.1, 0.15) is 0 Å². The van der Waals surface area contributed by atoms with Crippen LogP contribution in [0.3, 0.4) is 0 Å². The van der Waals surface area contributed by atoms with Crippen molar-refractivity contribution in [1.82, 2.24) is 10.2 Å². The molecule has 2 atom stereocenters. The number of nitrogens with one attached hydrogen (secondary N) is 2. The number of likely N-dealkylation sites (tertiary alicyclic amines) is 1. The molecule has 1 fully saturated rings. The lowest BCUT2D eigenvalue weighted by atomic mass is 10.0. The summed E-state index contributed by atoms with van der Waals surface area (Å²) in [5, 5.41) is 8.09. The molecular weight excluding hydrogens is 337 g/mol. The van der Waals surface area contributed by atoms with Crippen LogP contribution in [0.4, 0.5) is 5.69 Å². The minimum Gasteiger partial charge on any atom is -0.361 e. The molecule has 0 spiro atoms. The van der Waals surface area contributed by atoms with Gasteiger partial charge in [0.05, 0.1) is 10.0 Å². The molecular formula is C16H23Cl2N3S. The summed E-state index contributed by atoms with van der Waals surface area (Å²) in [6.07, 6.45) is 3.92. The number of benzene rings is 1. The third-order valence-electron chi connectivity index (χ3n) is 4.16. The number of halogens is 2. The van der Waals surface area contributed by atoms with Gasteiger partial charge in [-0.15, -0.1) is 0 Å². The SMILES string of the molecule is CC1CCCCN1C(C)CNC(=S)Nc1ccc(Cl)c(Cl)c1. The predicted molar refractivity (Wildman–Crippen MR) is 100 cm³/mol. The molecule has 1 aliphatic rings. The van der Waals surface area contributed by atoms with Crippen LogP contribution in [0, 0.1) is 0 Å². The summed E-state index contributed by atoms with van der Waals surface area (Å²) < 4.78 is 0. The molecule has 0 radical (unpaired) electrons. The third kappa shape index (κ3) is 4.98. The molecule has 0 bridgehead atoms. The standard InChI is InChI=1S/C16H23Cl2N3S/c1-11-5-3-4-8-21(11)12(2)10-19-16(22)20-13-6-7-14(17)15(18)9-13/h6-7,9,11-12H,3-5,8,10H2,1-2H3,(H2,19,20,22). The van der Waals surface area contributed by atoms with Crippen molar-refractivity contribution in [3.8, 4) is 0 Å². The van der Waals surface area contributed by atoms with Crippen LogP contribution in [0.5, 0.6) is 0 Å². The quantitative estimate of drug-likeness (QED) is 0.771. The van der Waals surface area contributed by atoms with Crippen molar-refractivity contribution in [2.24, 2.45) is 0 Å². The lowest BCUT2D eigenvalue weighted by Crippen LogP contribution is -2.48. The second-order valence-electron chi connectivity index (χ2n) is 5.90. The number of hydrogen-bond donors (Lipinski definition) is 2. The van der Waals surface area contributed by atoms with Crippen LogP contribution in [-0.4, -0.2) is 35.2 Å². The topological polar surface area (TPSA) is 27.3 Å². The van der Waals surface area contributed by atoms with E-state index in [4.69, 9.17) is 35.4 Å². The minimum atomic E-state index is 0.462. The van der Waals surface area contributed by atoms with Crippen LogP contribution in [0.15, 0.2) is 18.2 Å². The molecule has 2 N–H and O–H groups in total. The Hall–Kier alpha value is -0.550. The number of rotatable bonds is 4. The zero-order chi connectivity index (χ0) is 16.1. The summed E-state index contributed by atoms with van der Waals surface area (Å²) in [4.78, 5) is 2.55. The maximum atomic E-state index is 6.00. The van der Waals surface area contributed by atoms with Crippen LogP contribution >= 0.6 is 35.4 Å². The van der Waals surface area contributed by atoms with E-state index in [1.807, 2.05) is 6.07 Å². The van der Waals surface area contributed by atoms with Gasteiger partial charge in [-0.25, -0.2) is 0 Å². The zero-order valence-electron chi connectivity index (χ0n) is 13.0. The van der Waals surface area contributed by atoms with E-state index in [2.05, 4.69) is 29.4 Å². The predicted octanol–water partition coefficient (Wildman–Crippen LogP) is 4.54. The summed E-state index contributed by atoms with van der Waals surface area (Å²) in [6.45, 7) is 6.56. The molecule has 1 saturated heterocycles. The van der Waals surface area contributed by atoms with Crippen molar-refractivity contribution in [2.45, 2.75) is 45.2 Å². The van der Waals surface area contributed by atoms with Gasteiger partial charge >= 0.3 is 0 Å². The molecule has 2 rings (SSSR count). The number of anilines is 1. The molecule has 2 unspecified atom stereocenters. The Morgan fingerprint density at radius 1 is 1.36 bits per heavy atom. The largest absolute Gasteiger partial charge is 0.361 e. The fraction of sp³-hybridized carbons (Fsp3) is 0.562. The normalized spacial score (nSPS) is 20.5. The van der Waals surface area contributed by atoms with Crippen molar-refractivity contribution in [1.29, 1.82) is 0 Å². The number of thiocarbonyl (C=S) groups is 1. The van der Waals surface area contributed by atoms with Crippen LogP contribution < -0.4 is 10.6 Å². The first-order valence-electron chi connectivity index (χ1n) is 7.73. The van der Waals surface area contributed by atoms with E-state index in [1.54, 1.807) is 12.1 Å². The fourth-order valence-electron chi connectivity index (χ4n) is 2.88. The molecule has 1 aromatic carbocycles. The van der Waals surface area contributed by atoms with E-state index in [-0.39, 0.29) is 0 Å². The Morgan fingerprint density at radius 3 is 2.82 bits per heavy atom. The monoisotopic (exact) mass is 359 g/mol. The van der Waals surface area contributed by atoms with Crippen molar-refractivity contribution in [2.75, 3.05) is 18.4 Å². The average Bonchev–Trinajstić information content (AvgIpc) is 2.49. The van der Waals surface area contributed by atoms with E-state index in [1.165, 1.54) is 25.8 Å². The minimum absolute atomic E-state index is 0.462. The molecule has 0 aromatic heterocycles.